The third-order valence-corrected chi connectivity index (χ3v) is 4.59. The summed E-state index contributed by atoms with van der Waals surface area (Å²) in [6.07, 6.45) is 0.984. The van der Waals surface area contributed by atoms with Gasteiger partial charge in [0.1, 0.15) is 5.75 Å². The SMILES string of the molecule is CC[C@@H](C)Oc1ccc(C(=O)NC(=S)Nc2ccc(I)cc2C(=O)O)cc1. The molecule has 142 valence electrons. The van der Waals surface area contributed by atoms with Gasteiger partial charge in [-0.2, -0.15) is 0 Å². The number of ether oxygens (including phenoxy) is 1. The van der Waals surface area contributed by atoms with E-state index in [9.17, 15) is 14.7 Å². The molecular weight excluding hydrogens is 479 g/mol. The van der Waals surface area contributed by atoms with Gasteiger partial charge in [-0.3, -0.25) is 10.1 Å². The molecule has 0 radical (unpaired) electrons. The zero-order chi connectivity index (χ0) is 20.0. The first kappa shape index (κ1) is 21.1. The van der Waals surface area contributed by atoms with Gasteiger partial charge in [-0.05, 0) is 90.6 Å². The molecule has 1 atom stereocenters. The second-order valence-corrected chi connectivity index (χ2v) is 7.42. The van der Waals surface area contributed by atoms with Crippen molar-refractivity contribution in [1.82, 2.24) is 5.32 Å². The minimum absolute atomic E-state index is 0.0173. The maximum absolute atomic E-state index is 12.3. The van der Waals surface area contributed by atoms with E-state index in [1.807, 2.05) is 36.4 Å². The quantitative estimate of drug-likeness (QED) is 0.407. The number of rotatable bonds is 6. The molecule has 0 unspecified atom stereocenters. The Morgan fingerprint density at radius 2 is 1.89 bits per heavy atom. The van der Waals surface area contributed by atoms with Crippen LogP contribution in [0.25, 0.3) is 0 Å². The van der Waals surface area contributed by atoms with Crippen LogP contribution in [-0.4, -0.2) is 28.2 Å². The summed E-state index contributed by atoms with van der Waals surface area (Å²) in [7, 11) is 0. The Morgan fingerprint density at radius 1 is 1.22 bits per heavy atom. The smallest absolute Gasteiger partial charge is 0.337 e. The minimum Gasteiger partial charge on any atom is -0.491 e. The first-order chi connectivity index (χ1) is 12.8. The lowest BCUT2D eigenvalue weighted by molar-refractivity contribution is 0.0697. The Balaban J connectivity index is 2.02. The molecule has 0 bridgehead atoms. The standard InChI is InChI=1S/C19H19IN2O4S/c1-3-11(2)26-14-7-4-12(5-8-14)17(23)22-19(27)21-16-9-6-13(20)10-15(16)18(24)25/h4-11H,3H2,1-2H3,(H,24,25)(H2,21,22,23,27)/t11-/m1/s1. The third-order valence-electron chi connectivity index (χ3n) is 3.72. The van der Waals surface area contributed by atoms with Gasteiger partial charge in [0, 0.05) is 9.13 Å². The average Bonchev–Trinajstić information content (AvgIpc) is 2.63. The van der Waals surface area contributed by atoms with E-state index in [0.29, 0.717) is 17.0 Å². The number of thiocarbonyl (C=S) groups is 1. The van der Waals surface area contributed by atoms with Gasteiger partial charge in [0.25, 0.3) is 5.91 Å². The highest BCUT2D eigenvalue weighted by atomic mass is 127. The van der Waals surface area contributed by atoms with E-state index >= 15 is 0 Å². The largest absolute Gasteiger partial charge is 0.491 e. The van der Waals surface area contributed by atoms with Crippen LogP contribution in [0.5, 0.6) is 5.75 Å². The molecule has 0 aliphatic heterocycles. The summed E-state index contributed by atoms with van der Waals surface area (Å²) in [5, 5.41) is 14.6. The molecule has 2 aromatic rings. The molecule has 1 amide bonds. The molecule has 0 aliphatic rings. The van der Waals surface area contributed by atoms with Crippen molar-refractivity contribution in [1.29, 1.82) is 0 Å². The number of benzene rings is 2. The highest BCUT2D eigenvalue weighted by molar-refractivity contribution is 14.1. The molecule has 3 N–H and O–H groups in total. The number of halogens is 1. The second-order valence-electron chi connectivity index (χ2n) is 5.76. The molecule has 2 rings (SSSR count). The van der Waals surface area contributed by atoms with E-state index in [1.165, 1.54) is 6.07 Å². The Bertz CT molecular complexity index is 855. The number of anilines is 1. The van der Waals surface area contributed by atoms with Crippen molar-refractivity contribution in [3.05, 3.63) is 57.2 Å². The van der Waals surface area contributed by atoms with E-state index in [4.69, 9.17) is 17.0 Å². The second kappa shape index (κ2) is 9.65. The van der Waals surface area contributed by atoms with Gasteiger partial charge in [0.2, 0.25) is 0 Å². The van der Waals surface area contributed by atoms with Crippen LogP contribution >= 0.6 is 34.8 Å². The summed E-state index contributed by atoms with van der Waals surface area (Å²) in [5.41, 5.74) is 0.798. The van der Waals surface area contributed by atoms with Crippen molar-refractivity contribution in [2.24, 2.45) is 0 Å². The third kappa shape index (κ3) is 6.17. The van der Waals surface area contributed by atoms with Gasteiger partial charge in [0.05, 0.1) is 17.4 Å². The summed E-state index contributed by atoms with van der Waals surface area (Å²) >= 11 is 7.15. The molecule has 0 fully saturated rings. The van der Waals surface area contributed by atoms with Crippen LogP contribution in [0, 0.1) is 3.57 Å². The van der Waals surface area contributed by atoms with E-state index < -0.39 is 11.9 Å². The minimum atomic E-state index is -1.08. The predicted octanol–water partition coefficient (Wildman–Crippen LogP) is 4.29. The number of amides is 1. The molecule has 0 aromatic heterocycles. The van der Waals surface area contributed by atoms with Gasteiger partial charge in [-0.15, -0.1) is 0 Å². The molecule has 0 aliphatic carbocycles. The maximum atomic E-state index is 12.3. The fraction of sp³-hybridized carbons (Fsp3) is 0.211. The van der Waals surface area contributed by atoms with Crippen LogP contribution < -0.4 is 15.4 Å². The molecule has 8 heteroatoms. The van der Waals surface area contributed by atoms with Crippen LogP contribution in [0.1, 0.15) is 41.0 Å². The molecular formula is C19H19IN2O4S. The molecule has 0 spiro atoms. The lowest BCUT2D eigenvalue weighted by Gasteiger charge is -2.14. The van der Waals surface area contributed by atoms with Crippen LogP contribution in [0.2, 0.25) is 0 Å². The first-order valence-electron chi connectivity index (χ1n) is 8.22. The summed E-state index contributed by atoms with van der Waals surface area (Å²) in [6, 6.07) is 11.6. The monoisotopic (exact) mass is 498 g/mol. The van der Waals surface area contributed by atoms with E-state index in [2.05, 4.69) is 10.6 Å². The number of carbonyl (C=O) groups is 2. The number of carboxylic acid groups (broad SMARTS) is 1. The number of carbonyl (C=O) groups excluding carboxylic acids is 1. The van der Waals surface area contributed by atoms with Crippen molar-refractivity contribution in [2.45, 2.75) is 26.4 Å². The first-order valence-corrected chi connectivity index (χ1v) is 9.70. The summed E-state index contributed by atoms with van der Waals surface area (Å²) in [6.45, 7) is 4.00. The van der Waals surface area contributed by atoms with Crippen molar-refractivity contribution >= 4 is 57.5 Å². The normalized spacial score (nSPS) is 11.4. The maximum Gasteiger partial charge on any atom is 0.337 e. The van der Waals surface area contributed by atoms with Gasteiger partial charge in [-0.1, -0.05) is 6.92 Å². The Kier molecular flexibility index (Phi) is 7.55. The molecule has 0 saturated heterocycles. The molecule has 2 aromatic carbocycles. The van der Waals surface area contributed by atoms with Gasteiger partial charge in [0.15, 0.2) is 5.11 Å². The van der Waals surface area contributed by atoms with Crippen LogP contribution in [-0.2, 0) is 0 Å². The average molecular weight is 498 g/mol. The van der Waals surface area contributed by atoms with Gasteiger partial charge in [-0.25, -0.2) is 4.79 Å². The lowest BCUT2D eigenvalue weighted by Crippen LogP contribution is -2.34. The van der Waals surface area contributed by atoms with Gasteiger partial charge < -0.3 is 15.2 Å². The number of hydrogen-bond donors (Lipinski definition) is 3. The molecule has 27 heavy (non-hydrogen) atoms. The lowest BCUT2D eigenvalue weighted by atomic mass is 10.2. The van der Waals surface area contributed by atoms with Crippen LogP contribution in [0.15, 0.2) is 42.5 Å². The van der Waals surface area contributed by atoms with Crippen molar-refractivity contribution < 1.29 is 19.4 Å². The van der Waals surface area contributed by atoms with E-state index in [0.717, 1.165) is 9.99 Å². The summed E-state index contributed by atoms with van der Waals surface area (Å²) < 4.78 is 6.46. The van der Waals surface area contributed by atoms with E-state index in [-0.39, 0.29) is 16.8 Å². The number of nitrogens with one attached hydrogen (secondary N) is 2. The summed E-state index contributed by atoms with van der Waals surface area (Å²) in [4.78, 5) is 23.7. The Morgan fingerprint density at radius 3 is 2.48 bits per heavy atom. The zero-order valence-corrected chi connectivity index (χ0v) is 17.8. The van der Waals surface area contributed by atoms with Crippen molar-refractivity contribution in [2.75, 3.05) is 5.32 Å². The number of hydrogen-bond acceptors (Lipinski definition) is 4. The summed E-state index contributed by atoms with van der Waals surface area (Å²) in [5.74, 6) is -0.793. The fourth-order valence-electron chi connectivity index (χ4n) is 2.13. The topological polar surface area (TPSA) is 87.7 Å². The van der Waals surface area contributed by atoms with E-state index in [1.54, 1.807) is 36.4 Å². The molecule has 0 saturated carbocycles. The van der Waals surface area contributed by atoms with Crippen molar-refractivity contribution in [3.8, 4) is 5.75 Å². The highest BCUT2D eigenvalue weighted by Crippen LogP contribution is 2.19. The number of carboxylic acids is 1. The Hall–Kier alpha value is -2.20. The number of aromatic carboxylic acids is 1. The van der Waals surface area contributed by atoms with Crippen molar-refractivity contribution in [3.63, 3.8) is 0 Å². The zero-order valence-electron chi connectivity index (χ0n) is 14.8. The predicted molar refractivity (Wildman–Crippen MR) is 117 cm³/mol. The van der Waals surface area contributed by atoms with Crippen LogP contribution in [0.3, 0.4) is 0 Å². The Labute approximate surface area is 176 Å². The van der Waals surface area contributed by atoms with Crippen LogP contribution in [0.4, 0.5) is 5.69 Å². The molecule has 6 nitrogen and oxygen atoms in total. The fourth-order valence-corrected chi connectivity index (χ4v) is 2.83. The molecule has 0 heterocycles. The van der Waals surface area contributed by atoms with Gasteiger partial charge >= 0.3 is 5.97 Å². The highest BCUT2D eigenvalue weighted by Gasteiger charge is 2.14.